The van der Waals surface area contributed by atoms with Crippen LogP contribution in [-0.4, -0.2) is 14.8 Å². The molecule has 0 atom stereocenters. The Morgan fingerprint density at radius 1 is 1.33 bits per heavy atom. The molecule has 0 aliphatic heterocycles. The molecule has 80 valence electrons. The first-order valence-electron chi connectivity index (χ1n) is 4.95. The van der Waals surface area contributed by atoms with Crippen LogP contribution in [0, 0.1) is 5.92 Å². The summed E-state index contributed by atoms with van der Waals surface area (Å²) in [5.41, 5.74) is 13.4. The van der Waals surface area contributed by atoms with E-state index in [4.69, 9.17) is 11.5 Å². The van der Waals surface area contributed by atoms with Gasteiger partial charge in [0.15, 0.2) is 5.65 Å². The number of nitrogens with two attached hydrogens (primary N) is 2. The highest BCUT2D eigenvalue weighted by Crippen LogP contribution is 2.24. The van der Waals surface area contributed by atoms with E-state index < -0.39 is 0 Å². The summed E-state index contributed by atoms with van der Waals surface area (Å²) in [4.78, 5) is 4.25. The van der Waals surface area contributed by atoms with Crippen molar-refractivity contribution in [3.63, 3.8) is 0 Å². The van der Waals surface area contributed by atoms with E-state index in [1.54, 1.807) is 12.4 Å². The number of rotatable bonds is 2. The summed E-state index contributed by atoms with van der Waals surface area (Å²) in [6.07, 6.45) is 3.30. The molecule has 0 aliphatic rings. The summed E-state index contributed by atoms with van der Waals surface area (Å²) < 4.78 is 1.86. The minimum atomic E-state index is 0.506. The molecule has 5 nitrogen and oxygen atoms in total. The van der Waals surface area contributed by atoms with Gasteiger partial charge < -0.3 is 11.5 Å². The zero-order valence-corrected chi connectivity index (χ0v) is 8.94. The molecule has 0 bridgehead atoms. The lowest BCUT2D eigenvalue weighted by Crippen LogP contribution is -2.07. The van der Waals surface area contributed by atoms with Gasteiger partial charge in [-0.2, -0.15) is 5.10 Å². The second-order valence-corrected chi connectivity index (χ2v) is 4.09. The molecule has 0 amide bonds. The van der Waals surface area contributed by atoms with Gasteiger partial charge in [0.25, 0.3) is 0 Å². The number of aromatic nitrogens is 3. The van der Waals surface area contributed by atoms with Gasteiger partial charge in [-0.3, -0.25) is 0 Å². The standard InChI is InChI=1S/C10H15N5/c1-6(2)5-15-10-7(3-14-15)9(12)8(11)4-13-10/h3-4,6H,5,11H2,1-2H3,(H2,12,13). The average molecular weight is 205 g/mol. The fourth-order valence-corrected chi connectivity index (χ4v) is 1.54. The maximum absolute atomic E-state index is 5.84. The Labute approximate surface area is 88.1 Å². The Morgan fingerprint density at radius 3 is 2.73 bits per heavy atom. The van der Waals surface area contributed by atoms with Crippen LogP contribution in [0.1, 0.15) is 13.8 Å². The van der Waals surface area contributed by atoms with E-state index in [0.717, 1.165) is 17.6 Å². The van der Waals surface area contributed by atoms with Crippen LogP contribution in [0.3, 0.4) is 0 Å². The number of hydrogen-bond donors (Lipinski definition) is 2. The highest BCUT2D eigenvalue weighted by molar-refractivity contribution is 5.93. The molecule has 0 radical (unpaired) electrons. The summed E-state index contributed by atoms with van der Waals surface area (Å²) >= 11 is 0. The fourth-order valence-electron chi connectivity index (χ4n) is 1.54. The summed E-state index contributed by atoms with van der Waals surface area (Å²) in [5.74, 6) is 0.522. The number of nitrogen functional groups attached to an aromatic ring is 2. The first kappa shape index (κ1) is 9.76. The molecule has 4 N–H and O–H groups in total. The Kier molecular flexibility index (Phi) is 2.22. The Hall–Kier alpha value is -1.78. The Balaban J connectivity index is 2.57. The molecule has 0 aromatic carbocycles. The maximum Gasteiger partial charge on any atom is 0.159 e. The van der Waals surface area contributed by atoms with Gasteiger partial charge in [-0.15, -0.1) is 0 Å². The molecule has 2 aromatic rings. The van der Waals surface area contributed by atoms with Crippen LogP contribution < -0.4 is 11.5 Å². The molecule has 2 rings (SSSR count). The second kappa shape index (κ2) is 3.42. The smallest absolute Gasteiger partial charge is 0.159 e. The molecule has 0 spiro atoms. The number of anilines is 2. The van der Waals surface area contributed by atoms with Crippen LogP contribution in [0.5, 0.6) is 0 Å². The van der Waals surface area contributed by atoms with Crippen molar-refractivity contribution >= 4 is 22.4 Å². The summed E-state index contributed by atoms with van der Waals surface area (Å²) in [6, 6.07) is 0. The van der Waals surface area contributed by atoms with Gasteiger partial charge >= 0.3 is 0 Å². The fraction of sp³-hybridized carbons (Fsp3) is 0.400. The number of hydrogen-bond acceptors (Lipinski definition) is 4. The quantitative estimate of drug-likeness (QED) is 0.773. The molecule has 0 unspecified atom stereocenters. The molecule has 0 saturated carbocycles. The molecule has 0 aliphatic carbocycles. The van der Waals surface area contributed by atoms with Gasteiger partial charge in [0.1, 0.15) is 0 Å². The molecule has 2 heterocycles. The molecular formula is C10H15N5. The van der Waals surface area contributed by atoms with Crippen LogP contribution in [-0.2, 0) is 6.54 Å². The van der Waals surface area contributed by atoms with E-state index in [1.807, 2.05) is 4.68 Å². The first-order chi connectivity index (χ1) is 7.09. The number of pyridine rings is 1. The van der Waals surface area contributed by atoms with Gasteiger partial charge in [-0.25, -0.2) is 9.67 Å². The molecule has 0 fully saturated rings. The van der Waals surface area contributed by atoms with Gasteiger partial charge in [-0.05, 0) is 5.92 Å². The zero-order chi connectivity index (χ0) is 11.0. The van der Waals surface area contributed by atoms with Gasteiger partial charge in [-0.1, -0.05) is 13.8 Å². The van der Waals surface area contributed by atoms with Crippen molar-refractivity contribution in [3.05, 3.63) is 12.4 Å². The van der Waals surface area contributed by atoms with Crippen molar-refractivity contribution in [3.8, 4) is 0 Å². The van der Waals surface area contributed by atoms with Gasteiger partial charge in [0.05, 0.1) is 29.2 Å². The van der Waals surface area contributed by atoms with E-state index in [1.165, 1.54) is 0 Å². The third-order valence-electron chi connectivity index (χ3n) is 2.28. The second-order valence-electron chi connectivity index (χ2n) is 4.09. The van der Waals surface area contributed by atoms with Crippen molar-refractivity contribution < 1.29 is 0 Å². The lowest BCUT2D eigenvalue weighted by molar-refractivity contribution is 0.492. The van der Waals surface area contributed by atoms with Crippen molar-refractivity contribution in [2.75, 3.05) is 11.5 Å². The monoisotopic (exact) mass is 205 g/mol. The largest absolute Gasteiger partial charge is 0.396 e. The summed E-state index contributed by atoms with van der Waals surface area (Å²) in [5, 5.41) is 5.09. The molecular weight excluding hydrogens is 190 g/mol. The minimum Gasteiger partial charge on any atom is -0.396 e. The molecule has 0 saturated heterocycles. The van der Waals surface area contributed by atoms with Crippen molar-refractivity contribution in [1.82, 2.24) is 14.8 Å². The topological polar surface area (TPSA) is 82.8 Å². The predicted molar refractivity (Wildman–Crippen MR) is 61.2 cm³/mol. The highest BCUT2D eigenvalue weighted by Gasteiger charge is 2.09. The first-order valence-corrected chi connectivity index (χ1v) is 4.95. The lowest BCUT2D eigenvalue weighted by Gasteiger charge is -2.06. The highest BCUT2D eigenvalue weighted by atomic mass is 15.3. The van der Waals surface area contributed by atoms with E-state index in [9.17, 15) is 0 Å². The van der Waals surface area contributed by atoms with Crippen molar-refractivity contribution in [1.29, 1.82) is 0 Å². The van der Waals surface area contributed by atoms with Crippen LogP contribution in [0.4, 0.5) is 11.4 Å². The minimum absolute atomic E-state index is 0.506. The zero-order valence-electron chi connectivity index (χ0n) is 8.94. The third kappa shape index (κ3) is 1.60. The van der Waals surface area contributed by atoms with Gasteiger partial charge in [0, 0.05) is 6.54 Å². The van der Waals surface area contributed by atoms with E-state index in [2.05, 4.69) is 23.9 Å². The lowest BCUT2D eigenvalue weighted by atomic mass is 10.2. The van der Waals surface area contributed by atoms with Crippen LogP contribution >= 0.6 is 0 Å². The summed E-state index contributed by atoms with van der Waals surface area (Å²) in [7, 11) is 0. The van der Waals surface area contributed by atoms with Crippen LogP contribution in [0.25, 0.3) is 11.0 Å². The maximum atomic E-state index is 5.84. The van der Waals surface area contributed by atoms with Crippen LogP contribution in [0.15, 0.2) is 12.4 Å². The molecule has 15 heavy (non-hydrogen) atoms. The SMILES string of the molecule is CC(C)Cn1ncc2c(N)c(N)cnc21. The predicted octanol–water partition coefficient (Wildman–Crippen LogP) is 1.25. The normalized spacial score (nSPS) is 11.4. The average Bonchev–Trinajstić information content (AvgIpc) is 2.55. The molecule has 5 heteroatoms. The van der Waals surface area contributed by atoms with Crippen molar-refractivity contribution in [2.24, 2.45) is 5.92 Å². The van der Waals surface area contributed by atoms with Gasteiger partial charge in [0.2, 0.25) is 0 Å². The van der Waals surface area contributed by atoms with Crippen molar-refractivity contribution in [2.45, 2.75) is 20.4 Å². The van der Waals surface area contributed by atoms with Crippen LogP contribution in [0.2, 0.25) is 0 Å². The summed E-state index contributed by atoms with van der Waals surface area (Å²) in [6.45, 7) is 5.10. The molecule has 2 aromatic heterocycles. The number of nitrogens with zero attached hydrogens (tertiary/aromatic N) is 3. The number of fused-ring (bicyclic) bond motifs is 1. The van der Waals surface area contributed by atoms with E-state index in [-0.39, 0.29) is 0 Å². The third-order valence-corrected chi connectivity index (χ3v) is 2.28. The Bertz CT molecular complexity index is 486. The Morgan fingerprint density at radius 2 is 2.07 bits per heavy atom. The van der Waals surface area contributed by atoms with E-state index >= 15 is 0 Å². The van der Waals surface area contributed by atoms with E-state index in [0.29, 0.717) is 17.3 Å².